The molecule has 0 aromatic heterocycles. The Hall–Kier alpha value is -1.92. The number of nitrogens with one attached hydrogen (secondary N) is 2. The lowest BCUT2D eigenvalue weighted by atomic mass is 10.1. The van der Waals surface area contributed by atoms with E-state index in [-0.39, 0.29) is 5.69 Å². The van der Waals surface area contributed by atoms with E-state index in [9.17, 15) is 22.4 Å². The number of rotatable bonds is 6. The van der Waals surface area contributed by atoms with Crippen molar-refractivity contribution in [2.45, 2.75) is 13.0 Å². The third-order valence-electron chi connectivity index (χ3n) is 3.21. The first-order valence-electron chi connectivity index (χ1n) is 7.21. The minimum atomic E-state index is -1.82. The van der Waals surface area contributed by atoms with Gasteiger partial charge in [0.1, 0.15) is 11.9 Å². The Morgan fingerprint density at radius 3 is 2.50 bits per heavy atom. The second-order valence-corrected chi connectivity index (χ2v) is 6.45. The molecular weight excluding hydrogens is 471 g/mol. The number of carbonyl (C=O) groups excluding carboxylic acids is 1. The molecule has 1 unspecified atom stereocenters. The molecule has 0 heterocycles. The average Bonchev–Trinajstić information content (AvgIpc) is 2.61. The van der Waals surface area contributed by atoms with Crippen LogP contribution in [0.15, 0.2) is 24.3 Å². The van der Waals surface area contributed by atoms with E-state index in [1.807, 2.05) is 28.1 Å². The molecule has 0 bridgehead atoms. The maximum atomic E-state index is 14.2. The van der Waals surface area contributed by atoms with Gasteiger partial charge in [-0.1, -0.05) is 0 Å². The number of halogens is 5. The topological polar surface area (TPSA) is 70.6 Å². The Morgan fingerprint density at radius 1 is 1.19 bits per heavy atom. The molecule has 0 aliphatic heterocycles. The summed E-state index contributed by atoms with van der Waals surface area (Å²) >= 11 is 1.85. The van der Waals surface area contributed by atoms with E-state index in [0.29, 0.717) is 9.64 Å². The number of hydroxylamine groups is 1. The lowest BCUT2D eigenvalue weighted by Gasteiger charge is -2.16. The number of benzene rings is 2. The fraction of sp³-hybridized carbons (Fsp3) is 0.188. The van der Waals surface area contributed by atoms with Gasteiger partial charge in [-0.05, 0) is 53.8 Å². The third kappa shape index (κ3) is 4.62. The summed E-state index contributed by atoms with van der Waals surface area (Å²) in [7, 11) is 0. The van der Waals surface area contributed by atoms with Crippen molar-refractivity contribution in [3.05, 3.63) is 56.7 Å². The van der Waals surface area contributed by atoms with E-state index in [1.54, 1.807) is 0 Å². The summed E-state index contributed by atoms with van der Waals surface area (Å²) in [5.74, 6) is -7.01. The summed E-state index contributed by atoms with van der Waals surface area (Å²) in [6.07, 6.45) is -0.792. The lowest BCUT2D eigenvalue weighted by Crippen LogP contribution is -2.30. The summed E-state index contributed by atoms with van der Waals surface area (Å²) in [6, 6.07) is 4.33. The minimum Gasteiger partial charge on any atom is -0.394 e. The molecule has 0 fully saturated rings. The first kappa shape index (κ1) is 20.4. The molecule has 0 aliphatic carbocycles. The number of carbonyl (C=O) groups is 1. The number of anilines is 2. The largest absolute Gasteiger partial charge is 0.394 e. The summed E-state index contributed by atoms with van der Waals surface area (Å²) in [6.45, 7) is 0.998. The van der Waals surface area contributed by atoms with Crippen LogP contribution in [0.25, 0.3) is 0 Å². The van der Waals surface area contributed by atoms with E-state index in [0.717, 1.165) is 6.07 Å². The molecule has 0 spiro atoms. The van der Waals surface area contributed by atoms with Crippen LogP contribution in [0.5, 0.6) is 0 Å². The van der Waals surface area contributed by atoms with Crippen LogP contribution in [0.1, 0.15) is 17.3 Å². The number of aliphatic hydroxyl groups excluding tert-OH is 1. The van der Waals surface area contributed by atoms with E-state index in [4.69, 9.17) is 9.94 Å². The minimum absolute atomic E-state index is 0.242. The molecular formula is C16H13F4IN2O3. The van der Waals surface area contributed by atoms with Gasteiger partial charge in [-0.25, -0.2) is 23.0 Å². The molecule has 0 saturated carbocycles. The summed E-state index contributed by atoms with van der Waals surface area (Å²) in [5.41, 5.74) is 0.231. The van der Waals surface area contributed by atoms with Gasteiger partial charge in [0.05, 0.1) is 23.5 Å². The fourth-order valence-electron chi connectivity index (χ4n) is 1.87. The molecule has 26 heavy (non-hydrogen) atoms. The Balaban J connectivity index is 2.43. The van der Waals surface area contributed by atoms with Crippen LogP contribution in [0.3, 0.4) is 0 Å². The predicted molar refractivity (Wildman–Crippen MR) is 93.8 cm³/mol. The molecule has 0 aliphatic rings. The zero-order valence-corrected chi connectivity index (χ0v) is 15.4. The molecule has 2 aromatic rings. The fourth-order valence-corrected chi connectivity index (χ4v) is 2.32. The monoisotopic (exact) mass is 484 g/mol. The van der Waals surface area contributed by atoms with Crippen LogP contribution in [0.4, 0.5) is 28.9 Å². The van der Waals surface area contributed by atoms with Crippen molar-refractivity contribution < 1.29 is 32.3 Å². The normalized spacial score (nSPS) is 12.0. The van der Waals surface area contributed by atoms with Gasteiger partial charge in [0, 0.05) is 3.57 Å². The number of hydrogen-bond donors (Lipinski definition) is 3. The van der Waals surface area contributed by atoms with Gasteiger partial charge in [0.15, 0.2) is 17.5 Å². The van der Waals surface area contributed by atoms with Crippen molar-refractivity contribution in [3.8, 4) is 0 Å². The molecule has 3 N–H and O–H groups in total. The van der Waals surface area contributed by atoms with E-state index < -0.39 is 53.1 Å². The van der Waals surface area contributed by atoms with Crippen LogP contribution in [0, 0.1) is 26.8 Å². The molecule has 0 radical (unpaired) electrons. The lowest BCUT2D eigenvalue weighted by molar-refractivity contribution is -0.0304. The van der Waals surface area contributed by atoms with Crippen molar-refractivity contribution in [2.75, 3.05) is 11.9 Å². The number of hydrogen-bond acceptors (Lipinski definition) is 4. The highest BCUT2D eigenvalue weighted by atomic mass is 127. The highest BCUT2D eigenvalue weighted by molar-refractivity contribution is 14.1. The summed E-state index contributed by atoms with van der Waals surface area (Å²) in [4.78, 5) is 16.9. The summed E-state index contributed by atoms with van der Waals surface area (Å²) in [5, 5.41) is 11.1. The van der Waals surface area contributed by atoms with Crippen molar-refractivity contribution >= 4 is 39.9 Å². The van der Waals surface area contributed by atoms with E-state index in [2.05, 4.69) is 5.32 Å². The van der Waals surface area contributed by atoms with Crippen LogP contribution in [-0.4, -0.2) is 23.7 Å². The van der Waals surface area contributed by atoms with Gasteiger partial charge in [0.2, 0.25) is 0 Å². The maximum absolute atomic E-state index is 14.2. The molecule has 10 heteroatoms. The Kier molecular flexibility index (Phi) is 6.78. The van der Waals surface area contributed by atoms with Gasteiger partial charge >= 0.3 is 0 Å². The Morgan fingerprint density at radius 2 is 1.88 bits per heavy atom. The third-order valence-corrected chi connectivity index (χ3v) is 3.88. The van der Waals surface area contributed by atoms with Crippen molar-refractivity contribution in [3.63, 3.8) is 0 Å². The Bertz CT molecular complexity index is 836. The summed E-state index contributed by atoms with van der Waals surface area (Å²) < 4.78 is 55.8. The molecule has 5 nitrogen and oxygen atoms in total. The van der Waals surface area contributed by atoms with Crippen LogP contribution in [0.2, 0.25) is 0 Å². The molecule has 1 amide bonds. The number of amides is 1. The van der Waals surface area contributed by atoms with Gasteiger partial charge in [-0.3, -0.25) is 9.63 Å². The van der Waals surface area contributed by atoms with Crippen molar-refractivity contribution in [2.24, 2.45) is 0 Å². The molecule has 0 saturated heterocycles. The van der Waals surface area contributed by atoms with E-state index in [1.165, 1.54) is 19.1 Å². The van der Waals surface area contributed by atoms with Gasteiger partial charge < -0.3 is 10.4 Å². The smallest absolute Gasteiger partial charge is 0.277 e. The van der Waals surface area contributed by atoms with Crippen molar-refractivity contribution in [1.29, 1.82) is 0 Å². The highest BCUT2D eigenvalue weighted by Gasteiger charge is 2.24. The zero-order chi connectivity index (χ0) is 19.4. The van der Waals surface area contributed by atoms with Crippen LogP contribution >= 0.6 is 22.6 Å². The standard InChI is InChI=1S/C16H13F4IN2O3/c1-7(6-24)26-23-16(25)9-5-11(18)13(19)14(20)15(9)22-12-3-2-8(21)4-10(12)17/h2-5,7,22,24H,6H2,1H3,(H,23,25). The van der Waals surface area contributed by atoms with Gasteiger partial charge in [0.25, 0.3) is 5.91 Å². The number of aliphatic hydroxyl groups is 1. The molecule has 1 atom stereocenters. The average molecular weight is 484 g/mol. The first-order chi connectivity index (χ1) is 12.2. The van der Waals surface area contributed by atoms with Crippen LogP contribution in [-0.2, 0) is 4.84 Å². The molecule has 2 rings (SSSR count). The second kappa shape index (κ2) is 8.64. The molecule has 140 valence electrons. The predicted octanol–water partition coefficient (Wildman–Crippen LogP) is 3.63. The Labute approximate surface area is 159 Å². The first-order valence-corrected chi connectivity index (χ1v) is 8.28. The quantitative estimate of drug-likeness (QED) is 0.254. The molecule has 2 aromatic carbocycles. The van der Waals surface area contributed by atoms with Gasteiger partial charge in [-0.15, -0.1) is 0 Å². The SMILES string of the molecule is CC(CO)ONC(=O)c1cc(F)c(F)c(F)c1Nc1ccc(I)cc1F. The van der Waals surface area contributed by atoms with Crippen LogP contribution < -0.4 is 10.8 Å². The van der Waals surface area contributed by atoms with Crippen molar-refractivity contribution in [1.82, 2.24) is 5.48 Å². The maximum Gasteiger partial charge on any atom is 0.277 e. The van der Waals surface area contributed by atoms with E-state index >= 15 is 0 Å². The highest BCUT2D eigenvalue weighted by Crippen LogP contribution is 2.30. The zero-order valence-electron chi connectivity index (χ0n) is 13.2. The second-order valence-electron chi connectivity index (χ2n) is 5.20. The van der Waals surface area contributed by atoms with Gasteiger partial charge in [-0.2, -0.15) is 0 Å².